The van der Waals surface area contributed by atoms with Crippen LogP contribution in [0.4, 0.5) is 0 Å². The standard InChI is InChI=1S/C12H22N4/c1-3-16-11(14-10-15-16)9-12(13-2)7-5-4-6-8-12/h10,13H,3-9H2,1-2H3. The molecule has 90 valence electrons. The highest BCUT2D eigenvalue weighted by Gasteiger charge is 2.31. The first-order chi connectivity index (χ1) is 7.79. The van der Waals surface area contributed by atoms with Crippen LogP contribution in [0, 0.1) is 0 Å². The first-order valence-corrected chi connectivity index (χ1v) is 6.35. The molecule has 0 saturated heterocycles. The van der Waals surface area contributed by atoms with Crippen molar-refractivity contribution in [3.63, 3.8) is 0 Å². The molecule has 0 bridgehead atoms. The Bertz CT molecular complexity index is 326. The predicted molar refractivity (Wildman–Crippen MR) is 64.3 cm³/mol. The third-order valence-corrected chi connectivity index (χ3v) is 3.83. The van der Waals surface area contributed by atoms with Gasteiger partial charge in [0.15, 0.2) is 0 Å². The Morgan fingerprint density at radius 1 is 1.38 bits per heavy atom. The molecule has 0 unspecified atom stereocenters. The van der Waals surface area contributed by atoms with Crippen molar-refractivity contribution in [2.24, 2.45) is 0 Å². The van der Waals surface area contributed by atoms with E-state index in [2.05, 4.69) is 29.4 Å². The zero-order valence-corrected chi connectivity index (χ0v) is 10.4. The molecule has 0 spiro atoms. The van der Waals surface area contributed by atoms with E-state index in [4.69, 9.17) is 0 Å². The lowest BCUT2D eigenvalue weighted by Crippen LogP contribution is -2.47. The fourth-order valence-electron chi connectivity index (χ4n) is 2.74. The SMILES string of the molecule is CCn1ncnc1CC1(NC)CCCCC1. The summed E-state index contributed by atoms with van der Waals surface area (Å²) in [4.78, 5) is 4.39. The van der Waals surface area contributed by atoms with Gasteiger partial charge in [0.25, 0.3) is 0 Å². The minimum absolute atomic E-state index is 0.262. The number of hydrogen-bond donors (Lipinski definition) is 1. The molecule has 4 nitrogen and oxygen atoms in total. The quantitative estimate of drug-likeness (QED) is 0.844. The molecule has 1 aromatic heterocycles. The molecule has 0 aromatic carbocycles. The van der Waals surface area contributed by atoms with Gasteiger partial charge in [0.1, 0.15) is 12.2 Å². The van der Waals surface area contributed by atoms with E-state index in [9.17, 15) is 0 Å². The zero-order chi connectivity index (χ0) is 11.4. The number of aryl methyl sites for hydroxylation is 1. The second kappa shape index (κ2) is 4.95. The summed E-state index contributed by atoms with van der Waals surface area (Å²) in [6, 6.07) is 0. The van der Waals surface area contributed by atoms with Crippen LogP contribution in [-0.4, -0.2) is 27.4 Å². The monoisotopic (exact) mass is 222 g/mol. The van der Waals surface area contributed by atoms with Crippen LogP contribution in [0.3, 0.4) is 0 Å². The lowest BCUT2D eigenvalue weighted by molar-refractivity contribution is 0.238. The fourth-order valence-corrected chi connectivity index (χ4v) is 2.74. The molecule has 0 aliphatic heterocycles. The van der Waals surface area contributed by atoms with Crippen molar-refractivity contribution in [3.05, 3.63) is 12.2 Å². The van der Waals surface area contributed by atoms with Crippen molar-refractivity contribution in [1.82, 2.24) is 20.1 Å². The minimum Gasteiger partial charge on any atom is -0.314 e. The smallest absolute Gasteiger partial charge is 0.138 e. The van der Waals surface area contributed by atoms with Crippen molar-refractivity contribution in [2.75, 3.05) is 7.05 Å². The Balaban J connectivity index is 2.11. The highest BCUT2D eigenvalue weighted by molar-refractivity contribution is 5.00. The van der Waals surface area contributed by atoms with Gasteiger partial charge in [0, 0.05) is 18.5 Å². The highest BCUT2D eigenvalue weighted by atomic mass is 15.3. The number of hydrogen-bond acceptors (Lipinski definition) is 3. The highest BCUT2D eigenvalue weighted by Crippen LogP contribution is 2.30. The summed E-state index contributed by atoms with van der Waals surface area (Å²) in [7, 11) is 2.08. The molecule has 1 aliphatic carbocycles. The van der Waals surface area contributed by atoms with Crippen LogP contribution in [0.25, 0.3) is 0 Å². The number of aromatic nitrogens is 3. The Hall–Kier alpha value is -0.900. The van der Waals surface area contributed by atoms with E-state index >= 15 is 0 Å². The average Bonchev–Trinajstić information content (AvgIpc) is 2.77. The van der Waals surface area contributed by atoms with Crippen LogP contribution in [0.5, 0.6) is 0 Å². The van der Waals surface area contributed by atoms with E-state index in [1.165, 1.54) is 32.1 Å². The normalized spacial score (nSPS) is 19.9. The summed E-state index contributed by atoms with van der Waals surface area (Å²) in [6.07, 6.45) is 9.26. The Kier molecular flexibility index (Phi) is 3.59. The second-order valence-electron chi connectivity index (χ2n) is 4.76. The first-order valence-electron chi connectivity index (χ1n) is 6.35. The van der Waals surface area contributed by atoms with E-state index in [1.807, 2.05) is 4.68 Å². The van der Waals surface area contributed by atoms with Crippen molar-refractivity contribution in [3.8, 4) is 0 Å². The van der Waals surface area contributed by atoms with Gasteiger partial charge in [-0.2, -0.15) is 5.10 Å². The minimum atomic E-state index is 0.262. The summed E-state index contributed by atoms with van der Waals surface area (Å²) < 4.78 is 2.01. The lowest BCUT2D eigenvalue weighted by Gasteiger charge is -2.36. The second-order valence-corrected chi connectivity index (χ2v) is 4.76. The largest absolute Gasteiger partial charge is 0.314 e. The van der Waals surface area contributed by atoms with Gasteiger partial charge in [0.05, 0.1) is 0 Å². The molecule has 1 heterocycles. The van der Waals surface area contributed by atoms with Crippen LogP contribution in [0.15, 0.2) is 6.33 Å². The molecule has 0 amide bonds. The number of nitrogens with one attached hydrogen (secondary N) is 1. The fraction of sp³-hybridized carbons (Fsp3) is 0.833. The van der Waals surface area contributed by atoms with Gasteiger partial charge in [-0.3, -0.25) is 4.68 Å². The predicted octanol–water partition coefficient (Wildman–Crippen LogP) is 1.76. The first kappa shape index (κ1) is 11.6. The van der Waals surface area contributed by atoms with Crippen LogP contribution in [0.1, 0.15) is 44.9 Å². The third-order valence-electron chi connectivity index (χ3n) is 3.83. The maximum absolute atomic E-state index is 4.39. The number of rotatable bonds is 4. The van der Waals surface area contributed by atoms with Gasteiger partial charge >= 0.3 is 0 Å². The Morgan fingerprint density at radius 3 is 2.75 bits per heavy atom. The molecule has 1 fully saturated rings. The van der Waals surface area contributed by atoms with Gasteiger partial charge in [-0.25, -0.2) is 4.98 Å². The summed E-state index contributed by atoms with van der Waals surface area (Å²) >= 11 is 0. The molecule has 2 rings (SSSR count). The summed E-state index contributed by atoms with van der Waals surface area (Å²) in [6.45, 7) is 3.03. The van der Waals surface area contributed by atoms with E-state index in [-0.39, 0.29) is 5.54 Å². The number of nitrogens with zero attached hydrogens (tertiary/aromatic N) is 3. The third kappa shape index (κ3) is 2.26. The van der Waals surface area contributed by atoms with Crippen LogP contribution >= 0.6 is 0 Å². The van der Waals surface area contributed by atoms with Gasteiger partial charge in [-0.05, 0) is 26.8 Å². The zero-order valence-electron chi connectivity index (χ0n) is 10.4. The van der Waals surface area contributed by atoms with Gasteiger partial charge in [0.2, 0.25) is 0 Å². The summed E-state index contributed by atoms with van der Waals surface area (Å²) in [5.41, 5.74) is 0.262. The molecule has 0 atom stereocenters. The van der Waals surface area contributed by atoms with Crippen LogP contribution in [-0.2, 0) is 13.0 Å². The molecule has 0 radical (unpaired) electrons. The molecule has 1 aliphatic rings. The van der Waals surface area contributed by atoms with E-state index in [1.54, 1.807) is 6.33 Å². The van der Waals surface area contributed by atoms with Gasteiger partial charge < -0.3 is 5.32 Å². The topological polar surface area (TPSA) is 42.7 Å². The summed E-state index contributed by atoms with van der Waals surface area (Å²) in [5, 5.41) is 7.77. The lowest BCUT2D eigenvalue weighted by atomic mass is 9.79. The Labute approximate surface area is 97.5 Å². The maximum Gasteiger partial charge on any atom is 0.138 e. The summed E-state index contributed by atoms with van der Waals surface area (Å²) in [5.74, 6) is 1.12. The number of likely N-dealkylation sites (N-methyl/N-ethyl adjacent to an activating group) is 1. The van der Waals surface area contributed by atoms with Crippen molar-refractivity contribution >= 4 is 0 Å². The van der Waals surface area contributed by atoms with Crippen molar-refractivity contribution in [2.45, 2.75) is 57.5 Å². The molecule has 1 N–H and O–H groups in total. The van der Waals surface area contributed by atoms with Crippen LogP contribution < -0.4 is 5.32 Å². The molecular formula is C12H22N4. The van der Waals surface area contributed by atoms with Gasteiger partial charge in [-0.1, -0.05) is 19.3 Å². The molecule has 1 saturated carbocycles. The van der Waals surface area contributed by atoms with Crippen molar-refractivity contribution in [1.29, 1.82) is 0 Å². The van der Waals surface area contributed by atoms with Gasteiger partial charge in [-0.15, -0.1) is 0 Å². The molecule has 1 aromatic rings. The Morgan fingerprint density at radius 2 is 2.12 bits per heavy atom. The van der Waals surface area contributed by atoms with E-state index < -0.39 is 0 Å². The molecule has 16 heavy (non-hydrogen) atoms. The van der Waals surface area contributed by atoms with Crippen LogP contribution in [0.2, 0.25) is 0 Å². The molecular weight excluding hydrogens is 200 g/mol. The van der Waals surface area contributed by atoms with Crippen molar-refractivity contribution < 1.29 is 0 Å². The van der Waals surface area contributed by atoms with E-state index in [0.717, 1.165) is 18.8 Å². The maximum atomic E-state index is 4.39. The average molecular weight is 222 g/mol. The van der Waals surface area contributed by atoms with E-state index in [0.29, 0.717) is 0 Å². The molecule has 4 heteroatoms.